The van der Waals surface area contributed by atoms with Crippen LogP contribution in [0.5, 0.6) is 5.75 Å². The summed E-state index contributed by atoms with van der Waals surface area (Å²) in [5, 5.41) is 0.448. The van der Waals surface area contributed by atoms with Gasteiger partial charge in [0.25, 0.3) is 5.91 Å². The standard InChI is InChI=1S/C16H17ClN2O2/c1-19(10-11-5-3-4-6-15(11)21-2)16(20)12-7-13(17)9-14(18)8-12/h3-9H,10,18H2,1-2H3. The summed E-state index contributed by atoms with van der Waals surface area (Å²) in [6, 6.07) is 12.4. The molecule has 4 nitrogen and oxygen atoms in total. The third-order valence-electron chi connectivity index (χ3n) is 3.11. The van der Waals surface area contributed by atoms with Gasteiger partial charge in [0.2, 0.25) is 0 Å². The Hall–Kier alpha value is -2.20. The fourth-order valence-corrected chi connectivity index (χ4v) is 2.36. The second kappa shape index (κ2) is 6.50. The molecule has 0 radical (unpaired) electrons. The number of ether oxygens (including phenoxy) is 1. The number of rotatable bonds is 4. The van der Waals surface area contributed by atoms with Gasteiger partial charge in [-0.05, 0) is 24.3 Å². The zero-order chi connectivity index (χ0) is 15.4. The topological polar surface area (TPSA) is 55.6 Å². The first-order valence-corrected chi connectivity index (χ1v) is 6.82. The monoisotopic (exact) mass is 304 g/mol. The van der Waals surface area contributed by atoms with Gasteiger partial charge < -0.3 is 15.4 Å². The predicted octanol–water partition coefficient (Wildman–Crippen LogP) is 3.20. The van der Waals surface area contributed by atoms with Gasteiger partial charge in [-0.3, -0.25) is 4.79 Å². The molecule has 0 fully saturated rings. The number of halogens is 1. The van der Waals surface area contributed by atoms with Gasteiger partial charge in [-0.2, -0.15) is 0 Å². The van der Waals surface area contributed by atoms with Gasteiger partial charge in [0.05, 0.1) is 7.11 Å². The average molecular weight is 305 g/mol. The van der Waals surface area contributed by atoms with Crippen LogP contribution in [0.25, 0.3) is 0 Å². The molecule has 0 saturated heterocycles. The van der Waals surface area contributed by atoms with Crippen molar-refractivity contribution >= 4 is 23.2 Å². The minimum absolute atomic E-state index is 0.143. The number of amides is 1. The molecule has 21 heavy (non-hydrogen) atoms. The zero-order valence-electron chi connectivity index (χ0n) is 12.0. The minimum Gasteiger partial charge on any atom is -0.496 e. The van der Waals surface area contributed by atoms with Gasteiger partial charge in [0.1, 0.15) is 5.75 Å². The summed E-state index contributed by atoms with van der Waals surface area (Å²) in [6.07, 6.45) is 0. The molecule has 2 aromatic carbocycles. The Balaban J connectivity index is 2.19. The second-order valence-corrected chi connectivity index (χ2v) is 5.18. The van der Waals surface area contributed by atoms with Crippen LogP contribution in [0.15, 0.2) is 42.5 Å². The van der Waals surface area contributed by atoms with Crippen LogP contribution in [0, 0.1) is 0 Å². The summed E-state index contributed by atoms with van der Waals surface area (Å²) in [6.45, 7) is 0.440. The Kier molecular flexibility index (Phi) is 4.70. The van der Waals surface area contributed by atoms with Crippen molar-refractivity contribution in [2.45, 2.75) is 6.54 Å². The van der Waals surface area contributed by atoms with Crippen LogP contribution >= 0.6 is 11.6 Å². The minimum atomic E-state index is -0.143. The second-order valence-electron chi connectivity index (χ2n) is 4.75. The van der Waals surface area contributed by atoms with Crippen LogP contribution < -0.4 is 10.5 Å². The zero-order valence-corrected chi connectivity index (χ0v) is 12.7. The lowest BCUT2D eigenvalue weighted by molar-refractivity contribution is 0.0784. The molecule has 0 aromatic heterocycles. The fraction of sp³-hybridized carbons (Fsp3) is 0.188. The largest absolute Gasteiger partial charge is 0.496 e. The van der Waals surface area contributed by atoms with Crippen LogP contribution in [0.1, 0.15) is 15.9 Å². The molecule has 0 saturated carbocycles. The molecule has 0 atom stereocenters. The highest BCUT2D eigenvalue weighted by molar-refractivity contribution is 6.31. The summed E-state index contributed by atoms with van der Waals surface area (Å²) < 4.78 is 5.29. The summed E-state index contributed by atoms with van der Waals surface area (Å²) in [4.78, 5) is 14.0. The van der Waals surface area contributed by atoms with Crippen molar-refractivity contribution in [1.82, 2.24) is 4.90 Å². The Labute approximate surface area is 129 Å². The number of hydrogen-bond acceptors (Lipinski definition) is 3. The molecule has 0 aliphatic rings. The van der Waals surface area contributed by atoms with Crippen molar-refractivity contribution in [3.05, 3.63) is 58.6 Å². The number of carbonyl (C=O) groups is 1. The lowest BCUT2D eigenvalue weighted by atomic mass is 10.1. The van der Waals surface area contributed by atoms with E-state index in [-0.39, 0.29) is 5.91 Å². The Morgan fingerprint density at radius 3 is 2.67 bits per heavy atom. The third kappa shape index (κ3) is 3.67. The number of anilines is 1. The first kappa shape index (κ1) is 15.2. The molecular weight excluding hydrogens is 288 g/mol. The summed E-state index contributed by atoms with van der Waals surface area (Å²) in [7, 11) is 3.34. The van der Waals surface area contributed by atoms with Gasteiger partial charge in [0.15, 0.2) is 0 Å². The van der Waals surface area contributed by atoms with Gasteiger partial charge in [0, 0.05) is 35.4 Å². The number of nitrogens with two attached hydrogens (primary N) is 1. The van der Waals surface area contributed by atoms with Crippen LogP contribution in [-0.2, 0) is 6.54 Å². The highest BCUT2D eigenvalue weighted by Gasteiger charge is 2.15. The predicted molar refractivity (Wildman–Crippen MR) is 84.7 cm³/mol. The van der Waals surface area contributed by atoms with E-state index in [1.165, 1.54) is 0 Å². The van der Waals surface area contributed by atoms with E-state index in [0.29, 0.717) is 22.8 Å². The summed E-state index contributed by atoms with van der Waals surface area (Å²) in [5.41, 5.74) is 7.60. The maximum absolute atomic E-state index is 12.4. The first-order chi connectivity index (χ1) is 10.0. The van der Waals surface area contributed by atoms with Crippen LogP contribution in [0.2, 0.25) is 5.02 Å². The van der Waals surface area contributed by atoms with E-state index < -0.39 is 0 Å². The average Bonchev–Trinajstić information content (AvgIpc) is 2.46. The van der Waals surface area contributed by atoms with Gasteiger partial charge in [-0.15, -0.1) is 0 Å². The quantitative estimate of drug-likeness (QED) is 0.883. The molecular formula is C16H17ClN2O2. The third-order valence-corrected chi connectivity index (χ3v) is 3.33. The number of para-hydroxylation sites is 1. The van der Waals surface area contributed by atoms with Crippen LogP contribution in [0.3, 0.4) is 0 Å². The normalized spacial score (nSPS) is 10.2. The number of benzene rings is 2. The molecule has 110 valence electrons. The van der Waals surface area contributed by atoms with Crippen molar-refractivity contribution in [3.8, 4) is 5.75 Å². The maximum Gasteiger partial charge on any atom is 0.254 e. The summed E-state index contributed by atoms with van der Waals surface area (Å²) >= 11 is 5.94. The highest BCUT2D eigenvalue weighted by atomic mass is 35.5. The summed E-state index contributed by atoms with van der Waals surface area (Å²) in [5.74, 6) is 0.609. The lowest BCUT2D eigenvalue weighted by Gasteiger charge is -2.19. The van der Waals surface area contributed by atoms with E-state index in [1.807, 2.05) is 24.3 Å². The molecule has 2 N–H and O–H groups in total. The van der Waals surface area contributed by atoms with Gasteiger partial charge in [-0.1, -0.05) is 29.8 Å². The van der Waals surface area contributed by atoms with E-state index >= 15 is 0 Å². The molecule has 2 aromatic rings. The molecule has 0 bridgehead atoms. The van der Waals surface area contributed by atoms with Crippen molar-refractivity contribution in [1.29, 1.82) is 0 Å². The Morgan fingerprint density at radius 2 is 2.00 bits per heavy atom. The number of carbonyl (C=O) groups excluding carboxylic acids is 1. The number of nitrogen functional groups attached to an aromatic ring is 1. The molecule has 0 heterocycles. The number of nitrogens with zero attached hydrogens (tertiary/aromatic N) is 1. The molecule has 5 heteroatoms. The Bertz CT molecular complexity index is 638. The van der Waals surface area contributed by atoms with E-state index in [1.54, 1.807) is 37.3 Å². The molecule has 0 aliphatic carbocycles. The molecule has 0 aliphatic heterocycles. The molecule has 0 unspecified atom stereocenters. The van der Waals surface area contributed by atoms with Crippen molar-refractivity contribution in [2.24, 2.45) is 0 Å². The maximum atomic E-state index is 12.4. The van der Waals surface area contributed by atoms with E-state index in [2.05, 4.69) is 0 Å². The SMILES string of the molecule is COc1ccccc1CN(C)C(=O)c1cc(N)cc(Cl)c1. The van der Waals surface area contributed by atoms with Crippen molar-refractivity contribution in [3.63, 3.8) is 0 Å². The van der Waals surface area contributed by atoms with Crippen LogP contribution in [-0.4, -0.2) is 25.0 Å². The van der Waals surface area contributed by atoms with Crippen LogP contribution in [0.4, 0.5) is 5.69 Å². The van der Waals surface area contributed by atoms with Crippen molar-refractivity contribution in [2.75, 3.05) is 19.9 Å². The van der Waals surface area contributed by atoms with Crippen molar-refractivity contribution < 1.29 is 9.53 Å². The first-order valence-electron chi connectivity index (χ1n) is 6.44. The number of hydrogen-bond donors (Lipinski definition) is 1. The van der Waals surface area contributed by atoms with E-state index in [4.69, 9.17) is 22.1 Å². The lowest BCUT2D eigenvalue weighted by Crippen LogP contribution is -2.26. The van der Waals surface area contributed by atoms with E-state index in [0.717, 1.165) is 11.3 Å². The molecule has 1 amide bonds. The van der Waals surface area contributed by atoms with Gasteiger partial charge in [-0.25, -0.2) is 0 Å². The van der Waals surface area contributed by atoms with Gasteiger partial charge >= 0.3 is 0 Å². The molecule has 0 spiro atoms. The Morgan fingerprint density at radius 1 is 1.29 bits per heavy atom. The highest BCUT2D eigenvalue weighted by Crippen LogP contribution is 2.21. The smallest absolute Gasteiger partial charge is 0.254 e. The fourth-order valence-electron chi connectivity index (χ4n) is 2.12. The molecule has 2 rings (SSSR count). The van der Waals surface area contributed by atoms with E-state index in [9.17, 15) is 4.79 Å². The number of methoxy groups -OCH3 is 1.